The number of methoxy groups -OCH3 is 2. The maximum absolute atomic E-state index is 12.2. The van der Waals surface area contributed by atoms with Crippen LogP contribution in [0.1, 0.15) is 17.5 Å². The van der Waals surface area contributed by atoms with Crippen molar-refractivity contribution in [2.75, 3.05) is 19.5 Å². The fraction of sp³-hybridized carbons (Fsp3) is 0.278. The Labute approximate surface area is 141 Å². The molecule has 0 heterocycles. The van der Waals surface area contributed by atoms with Crippen molar-refractivity contribution in [3.05, 3.63) is 52.5 Å². The lowest BCUT2D eigenvalue weighted by atomic mass is 10.1. The molecule has 0 radical (unpaired) electrons. The van der Waals surface area contributed by atoms with Crippen LogP contribution in [-0.2, 0) is 11.2 Å². The fourth-order valence-electron chi connectivity index (χ4n) is 2.29. The van der Waals surface area contributed by atoms with Gasteiger partial charge in [-0.15, -0.1) is 0 Å². The van der Waals surface area contributed by atoms with Crippen molar-refractivity contribution in [1.82, 2.24) is 0 Å². The number of anilines is 1. The molecule has 0 saturated carbocycles. The van der Waals surface area contributed by atoms with Gasteiger partial charge < -0.3 is 14.8 Å². The molecular weight excluding hydrogens is 314 g/mol. The Kier molecular flexibility index (Phi) is 5.88. The number of benzene rings is 2. The summed E-state index contributed by atoms with van der Waals surface area (Å²) in [5, 5.41) is 3.43. The van der Waals surface area contributed by atoms with Crippen molar-refractivity contribution in [3.63, 3.8) is 0 Å². The summed E-state index contributed by atoms with van der Waals surface area (Å²) in [6.45, 7) is 1.96. The van der Waals surface area contributed by atoms with Gasteiger partial charge in [-0.25, -0.2) is 0 Å². The first-order valence-electron chi connectivity index (χ1n) is 7.31. The van der Waals surface area contributed by atoms with E-state index >= 15 is 0 Å². The minimum absolute atomic E-state index is 0.0900. The Hall–Kier alpha value is -2.20. The van der Waals surface area contributed by atoms with Gasteiger partial charge >= 0.3 is 0 Å². The lowest BCUT2D eigenvalue weighted by Gasteiger charge is -2.12. The standard InChI is InChI=1S/C18H20ClNO3/c1-12-7-9-15(22-2)14(11-12)20-17(21)10-8-13-5-4-6-16(23-3)18(13)19/h4-7,9,11H,8,10H2,1-3H3,(H,20,21). The van der Waals surface area contributed by atoms with Gasteiger partial charge in [0.2, 0.25) is 5.91 Å². The number of aryl methyl sites for hydroxylation is 2. The highest BCUT2D eigenvalue weighted by molar-refractivity contribution is 6.32. The zero-order valence-electron chi connectivity index (χ0n) is 13.5. The first-order chi connectivity index (χ1) is 11.0. The van der Waals surface area contributed by atoms with Crippen LogP contribution in [-0.4, -0.2) is 20.1 Å². The first-order valence-corrected chi connectivity index (χ1v) is 7.68. The van der Waals surface area contributed by atoms with Gasteiger partial charge in [-0.3, -0.25) is 4.79 Å². The van der Waals surface area contributed by atoms with Crippen LogP contribution in [0.15, 0.2) is 36.4 Å². The van der Waals surface area contributed by atoms with E-state index in [1.165, 1.54) is 0 Å². The molecule has 0 bridgehead atoms. The summed E-state index contributed by atoms with van der Waals surface area (Å²) in [4.78, 5) is 12.2. The Bertz CT molecular complexity index is 701. The topological polar surface area (TPSA) is 47.6 Å². The Balaban J connectivity index is 2.02. The van der Waals surface area contributed by atoms with Crippen LogP contribution in [0.3, 0.4) is 0 Å². The van der Waals surface area contributed by atoms with Crippen LogP contribution < -0.4 is 14.8 Å². The number of hydrogen-bond acceptors (Lipinski definition) is 3. The molecule has 0 aliphatic rings. The molecule has 0 aliphatic heterocycles. The molecule has 0 fully saturated rings. The second kappa shape index (κ2) is 7.88. The molecule has 1 N–H and O–H groups in total. The first kappa shape index (κ1) is 17.2. The number of nitrogens with one attached hydrogen (secondary N) is 1. The predicted molar refractivity (Wildman–Crippen MR) is 92.7 cm³/mol. The third-order valence-corrected chi connectivity index (χ3v) is 3.94. The number of carbonyl (C=O) groups excluding carboxylic acids is 1. The monoisotopic (exact) mass is 333 g/mol. The number of hydrogen-bond donors (Lipinski definition) is 1. The van der Waals surface area contributed by atoms with Gasteiger partial charge in [0, 0.05) is 6.42 Å². The van der Waals surface area contributed by atoms with Crippen molar-refractivity contribution >= 4 is 23.2 Å². The van der Waals surface area contributed by atoms with Crippen molar-refractivity contribution in [2.24, 2.45) is 0 Å². The van der Waals surface area contributed by atoms with Crippen molar-refractivity contribution in [3.8, 4) is 11.5 Å². The second-order valence-corrected chi connectivity index (χ2v) is 5.56. The summed E-state index contributed by atoms with van der Waals surface area (Å²) in [6.07, 6.45) is 0.861. The molecule has 2 aromatic rings. The molecule has 0 atom stereocenters. The summed E-state index contributed by atoms with van der Waals surface area (Å²) >= 11 is 6.24. The fourth-order valence-corrected chi connectivity index (χ4v) is 2.59. The SMILES string of the molecule is COc1ccc(C)cc1NC(=O)CCc1cccc(OC)c1Cl. The van der Waals surface area contributed by atoms with Crippen LogP contribution in [0.25, 0.3) is 0 Å². The van der Waals surface area contributed by atoms with Crippen LogP contribution in [0.2, 0.25) is 5.02 Å². The normalized spacial score (nSPS) is 10.3. The Morgan fingerprint density at radius 2 is 1.87 bits per heavy atom. The molecule has 0 unspecified atom stereocenters. The van der Waals surface area contributed by atoms with Crippen LogP contribution in [0, 0.1) is 6.92 Å². The molecule has 23 heavy (non-hydrogen) atoms. The zero-order chi connectivity index (χ0) is 16.8. The van der Waals surface area contributed by atoms with Gasteiger partial charge in [-0.05, 0) is 42.7 Å². The van der Waals surface area contributed by atoms with Gasteiger partial charge in [0.1, 0.15) is 11.5 Å². The third-order valence-electron chi connectivity index (χ3n) is 3.51. The highest BCUT2D eigenvalue weighted by Gasteiger charge is 2.11. The van der Waals surface area contributed by atoms with E-state index in [0.717, 1.165) is 11.1 Å². The molecule has 4 nitrogen and oxygen atoms in total. The van der Waals surface area contributed by atoms with Crippen LogP contribution in [0.5, 0.6) is 11.5 Å². The van der Waals surface area contributed by atoms with E-state index < -0.39 is 0 Å². The maximum Gasteiger partial charge on any atom is 0.224 e. The van der Waals surface area contributed by atoms with E-state index in [1.807, 2.05) is 37.3 Å². The highest BCUT2D eigenvalue weighted by atomic mass is 35.5. The molecular formula is C18H20ClNO3. The van der Waals surface area contributed by atoms with Gasteiger partial charge in [-0.2, -0.15) is 0 Å². The van der Waals surface area contributed by atoms with E-state index in [4.69, 9.17) is 21.1 Å². The minimum Gasteiger partial charge on any atom is -0.495 e. The number of ether oxygens (including phenoxy) is 2. The maximum atomic E-state index is 12.2. The largest absolute Gasteiger partial charge is 0.495 e. The number of rotatable bonds is 6. The van der Waals surface area contributed by atoms with Crippen LogP contribution in [0.4, 0.5) is 5.69 Å². The van der Waals surface area contributed by atoms with Gasteiger partial charge in [0.15, 0.2) is 0 Å². The van der Waals surface area contributed by atoms with E-state index in [0.29, 0.717) is 35.1 Å². The summed E-state index contributed by atoms with van der Waals surface area (Å²) in [7, 11) is 3.15. The van der Waals surface area contributed by atoms with E-state index in [9.17, 15) is 4.79 Å². The molecule has 0 aromatic heterocycles. The Morgan fingerprint density at radius 3 is 2.57 bits per heavy atom. The van der Waals surface area contributed by atoms with Gasteiger partial charge in [-0.1, -0.05) is 29.8 Å². The summed E-state index contributed by atoms with van der Waals surface area (Å²) < 4.78 is 10.4. The lowest BCUT2D eigenvalue weighted by molar-refractivity contribution is -0.116. The van der Waals surface area contributed by atoms with Gasteiger partial charge in [0.05, 0.1) is 24.9 Å². The summed E-state index contributed by atoms with van der Waals surface area (Å²) in [6, 6.07) is 11.2. The van der Waals surface area contributed by atoms with Crippen molar-refractivity contribution in [2.45, 2.75) is 19.8 Å². The number of carbonyl (C=O) groups is 1. The molecule has 1 amide bonds. The molecule has 0 aliphatic carbocycles. The zero-order valence-corrected chi connectivity index (χ0v) is 14.2. The van der Waals surface area contributed by atoms with E-state index in [-0.39, 0.29) is 5.91 Å². The lowest BCUT2D eigenvalue weighted by Crippen LogP contribution is -2.13. The molecule has 2 aromatic carbocycles. The quantitative estimate of drug-likeness (QED) is 0.860. The van der Waals surface area contributed by atoms with Crippen molar-refractivity contribution in [1.29, 1.82) is 0 Å². The van der Waals surface area contributed by atoms with E-state index in [2.05, 4.69) is 5.32 Å². The van der Waals surface area contributed by atoms with Crippen molar-refractivity contribution < 1.29 is 14.3 Å². The van der Waals surface area contributed by atoms with E-state index in [1.54, 1.807) is 20.3 Å². The van der Waals surface area contributed by atoms with Crippen LogP contribution >= 0.6 is 11.6 Å². The van der Waals surface area contributed by atoms with Gasteiger partial charge in [0.25, 0.3) is 0 Å². The smallest absolute Gasteiger partial charge is 0.224 e. The second-order valence-electron chi connectivity index (χ2n) is 5.19. The number of amides is 1. The molecule has 2 rings (SSSR count). The predicted octanol–water partition coefficient (Wildman–Crippen LogP) is 4.24. The molecule has 5 heteroatoms. The average molecular weight is 334 g/mol. The summed E-state index contributed by atoms with van der Waals surface area (Å²) in [5.41, 5.74) is 2.61. The average Bonchev–Trinajstić information content (AvgIpc) is 2.54. The molecule has 0 spiro atoms. The molecule has 0 saturated heterocycles. The summed E-state index contributed by atoms with van der Waals surface area (Å²) in [5.74, 6) is 1.17. The molecule has 122 valence electrons. The third kappa shape index (κ3) is 4.39. The number of halogens is 1. The highest BCUT2D eigenvalue weighted by Crippen LogP contribution is 2.29. The minimum atomic E-state index is -0.0900. The Morgan fingerprint density at radius 1 is 1.13 bits per heavy atom.